The van der Waals surface area contributed by atoms with E-state index in [2.05, 4.69) is 20.3 Å². The van der Waals surface area contributed by atoms with E-state index in [9.17, 15) is 4.79 Å². The van der Waals surface area contributed by atoms with Crippen LogP contribution in [-0.4, -0.2) is 30.9 Å². The van der Waals surface area contributed by atoms with Gasteiger partial charge in [-0.15, -0.1) is 0 Å². The number of hydrogen-bond donors (Lipinski definition) is 3. The van der Waals surface area contributed by atoms with Gasteiger partial charge in [-0.2, -0.15) is 10.2 Å². The number of anilines is 1. The number of pyridine rings is 1. The van der Waals surface area contributed by atoms with Crippen LogP contribution in [0.4, 0.5) is 5.82 Å². The van der Waals surface area contributed by atoms with Gasteiger partial charge in [-0.05, 0) is 32.0 Å². The Morgan fingerprint density at radius 2 is 2.08 bits per heavy atom. The van der Waals surface area contributed by atoms with Crippen LogP contribution in [0.3, 0.4) is 0 Å². The van der Waals surface area contributed by atoms with Gasteiger partial charge < -0.3 is 11.5 Å². The molecule has 0 aliphatic carbocycles. The van der Waals surface area contributed by atoms with Crippen molar-refractivity contribution >= 4 is 33.5 Å². The fraction of sp³-hybridized carbons (Fsp3) is 0.222. The predicted octanol–water partition coefficient (Wildman–Crippen LogP) is 2.07. The molecule has 0 bridgehead atoms. The first kappa shape index (κ1) is 16.1. The summed E-state index contributed by atoms with van der Waals surface area (Å²) in [5.41, 5.74) is 14.3. The highest BCUT2D eigenvalue weighted by atomic mass is 16.1. The van der Waals surface area contributed by atoms with Crippen LogP contribution in [-0.2, 0) is 11.3 Å². The molecule has 0 saturated heterocycles. The molecule has 0 saturated carbocycles. The van der Waals surface area contributed by atoms with Crippen LogP contribution in [0, 0.1) is 5.41 Å². The van der Waals surface area contributed by atoms with Crippen LogP contribution >= 0.6 is 0 Å². The van der Waals surface area contributed by atoms with Crippen LogP contribution in [0.25, 0.3) is 33.1 Å². The second-order valence-electron chi connectivity index (χ2n) is 7.04. The lowest BCUT2D eigenvalue weighted by molar-refractivity contribution is -0.126. The molecule has 0 aliphatic rings. The maximum Gasteiger partial charge on any atom is 0.224 e. The van der Waals surface area contributed by atoms with Gasteiger partial charge in [0.2, 0.25) is 5.91 Å². The number of amides is 1. The highest BCUT2D eigenvalue weighted by Gasteiger charge is 2.26. The Morgan fingerprint density at radius 3 is 2.77 bits per heavy atom. The highest BCUT2D eigenvalue weighted by Crippen LogP contribution is 2.30. The summed E-state index contributed by atoms with van der Waals surface area (Å²) in [5, 5.41) is 13.2. The normalized spacial score (nSPS) is 12.1. The van der Waals surface area contributed by atoms with E-state index < -0.39 is 5.41 Å². The van der Waals surface area contributed by atoms with E-state index in [4.69, 9.17) is 11.5 Å². The monoisotopic (exact) mass is 349 g/mol. The molecule has 132 valence electrons. The molecular formula is C18H19N7O. The molecule has 4 rings (SSSR count). The molecule has 0 fully saturated rings. The largest absolute Gasteiger partial charge is 0.383 e. The van der Waals surface area contributed by atoms with E-state index in [-0.39, 0.29) is 5.91 Å². The molecular weight excluding hydrogens is 330 g/mol. The number of nitrogens with one attached hydrogen (secondary N) is 1. The number of benzene rings is 1. The van der Waals surface area contributed by atoms with Gasteiger partial charge in [-0.25, -0.2) is 4.98 Å². The van der Waals surface area contributed by atoms with Crippen LogP contribution in [0.2, 0.25) is 0 Å². The number of nitrogen functional groups attached to an aromatic ring is 1. The minimum Gasteiger partial charge on any atom is -0.383 e. The molecule has 4 aromatic rings. The molecule has 0 atom stereocenters. The van der Waals surface area contributed by atoms with Crippen LogP contribution in [0.15, 0.2) is 36.7 Å². The van der Waals surface area contributed by atoms with Crippen molar-refractivity contribution in [1.29, 1.82) is 0 Å². The molecule has 3 aromatic heterocycles. The summed E-state index contributed by atoms with van der Waals surface area (Å²) >= 11 is 0. The van der Waals surface area contributed by atoms with Gasteiger partial charge in [-0.3, -0.25) is 14.6 Å². The quantitative estimate of drug-likeness (QED) is 0.519. The lowest BCUT2D eigenvalue weighted by Crippen LogP contribution is -2.35. The average Bonchev–Trinajstić information content (AvgIpc) is 3.23. The first-order valence-electron chi connectivity index (χ1n) is 8.21. The van der Waals surface area contributed by atoms with Gasteiger partial charge in [0.1, 0.15) is 11.3 Å². The molecule has 5 N–H and O–H groups in total. The lowest BCUT2D eigenvalue weighted by atomic mass is 9.93. The van der Waals surface area contributed by atoms with Crippen molar-refractivity contribution in [2.45, 2.75) is 20.4 Å². The number of rotatable bonds is 4. The Kier molecular flexibility index (Phi) is 3.43. The molecule has 0 aliphatic heterocycles. The number of primary amides is 1. The van der Waals surface area contributed by atoms with Gasteiger partial charge >= 0.3 is 0 Å². The van der Waals surface area contributed by atoms with E-state index in [0.29, 0.717) is 12.4 Å². The van der Waals surface area contributed by atoms with E-state index in [0.717, 1.165) is 33.1 Å². The van der Waals surface area contributed by atoms with Crippen molar-refractivity contribution in [3.8, 4) is 11.3 Å². The maximum absolute atomic E-state index is 11.6. The summed E-state index contributed by atoms with van der Waals surface area (Å²) in [6.45, 7) is 3.94. The molecule has 26 heavy (non-hydrogen) atoms. The fourth-order valence-corrected chi connectivity index (χ4v) is 2.97. The zero-order valence-electron chi connectivity index (χ0n) is 14.5. The van der Waals surface area contributed by atoms with Crippen molar-refractivity contribution in [2.75, 3.05) is 5.73 Å². The zero-order chi connectivity index (χ0) is 18.5. The van der Waals surface area contributed by atoms with Gasteiger partial charge in [0.25, 0.3) is 0 Å². The fourth-order valence-electron chi connectivity index (χ4n) is 2.97. The number of aromatic nitrogens is 5. The Bertz CT molecular complexity index is 1130. The van der Waals surface area contributed by atoms with Crippen molar-refractivity contribution < 1.29 is 4.79 Å². The summed E-state index contributed by atoms with van der Waals surface area (Å²) in [4.78, 5) is 16.1. The highest BCUT2D eigenvalue weighted by molar-refractivity contribution is 6.08. The van der Waals surface area contributed by atoms with Crippen molar-refractivity contribution in [2.24, 2.45) is 11.1 Å². The number of hydrogen-bond acceptors (Lipinski definition) is 5. The number of aromatic amines is 1. The molecule has 8 heteroatoms. The molecule has 1 aromatic carbocycles. The van der Waals surface area contributed by atoms with Crippen molar-refractivity contribution in [3.63, 3.8) is 0 Å². The predicted molar refractivity (Wildman–Crippen MR) is 100 cm³/mol. The van der Waals surface area contributed by atoms with Crippen molar-refractivity contribution in [1.82, 2.24) is 25.0 Å². The number of H-pyrrole nitrogens is 1. The van der Waals surface area contributed by atoms with Crippen LogP contribution in [0.5, 0.6) is 0 Å². The van der Waals surface area contributed by atoms with Gasteiger partial charge in [0.15, 0.2) is 0 Å². The third-order valence-electron chi connectivity index (χ3n) is 4.57. The maximum atomic E-state index is 11.6. The van der Waals surface area contributed by atoms with Crippen LogP contribution in [0.1, 0.15) is 13.8 Å². The van der Waals surface area contributed by atoms with Gasteiger partial charge in [0, 0.05) is 23.3 Å². The Balaban J connectivity index is 1.85. The van der Waals surface area contributed by atoms with Crippen LogP contribution < -0.4 is 11.5 Å². The number of fused-ring (bicyclic) bond motifs is 3. The molecule has 0 spiro atoms. The van der Waals surface area contributed by atoms with Crippen molar-refractivity contribution in [3.05, 3.63) is 36.7 Å². The topological polar surface area (TPSA) is 128 Å². The SMILES string of the molecule is CC(C)(Cn1cc2c(N)nc3cc(-c4ccn[nH]4)ccc3c2n1)C(N)=O. The third-order valence-corrected chi connectivity index (χ3v) is 4.57. The Hall–Kier alpha value is -3.42. The second kappa shape index (κ2) is 5.55. The number of nitrogens with zero attached hydrogens (tertiary/aromatic N) is 4. The average molecular weight is 349 g/mol. The molecule has 8 nitrogen and oxygen atoms in total. The molecule has 1 amide bonds. The number of carbonyl (C=O) groups excluding carboxylic acids is 1. The zero-order valence-corrected chi connectivity index (χ0v) is 14.5. The smallest absolute Gasteiger partial charge is 0.224 e. The summed E-state index contributed by atoms with van der Waals surface area (Å²) in [6, 6.07) is 7.80. The Labute approximate surface area is 149 Å². The third kappa shape index (κ3) is 2.55. The molecule has 3 heterocycles. The van der Waals surface area contributed by atoms with E-state index in [1.165, 1.54) is 0 Å². The summed E-state index contributed by atoms with van der Waals surface area (Å²) < 4.78 is 1.70. The standard InChI is InChI=1S/C18H19N7O/c1-18(2,17(20)26)9-25-8-12-15(24-25)11-4-3-10(13-5-6-21-23-13)7-14(11)22-16(12)19/h3-8H,9H2,1-2H3,(H2,19,22)(H2,20,26)(H,21,23). The number of carbonyl (C=O) groups is 1. The second-order valence-corrected chi connectivity index (χ2v) is 7.04. The lowest BCUT2D eigenvalue weighted by Gasteiger charge is -2.19. The summed E-state index contributed by atoms with van der Waals surface area (Å²) in [6.07, 6.45) is 3.51. The first-order valence-corrected chi connectivity index (χ1v) is 8.21. The number of nitrogens with two attached hydrogens (primary N) is 2. The molecule has 0 unspecified atom stereocenters. The van der Waals surface area contributed by atoms with E-state index in [1.54, 1.807) is 24.7 Å². The van der Waals surface area contributed by atoms with Gasteiger partial charge in [0.05, 0.1) is 28.6 Å². The molecule has 0 radical (unpaired) electrons. The van der Waals surface area contributed by atoms with E-state index in [1.807, 2.05) is 30.5 Å². The first-order chi connectivity index (χ1) is 12.3. The van der Waals surface area contributed by atoms with E-state index >= 15 is 0 Å². The summed E-state index contributed by atoms with van der Waals surface area (Å²) in [5.74, 6) is 0.0228. The minimum absolute atomic E-state index is 0.365. The van der Waals surface area contributed by atoms with Gasteiger partial charge in [-0.1, -0.05) is 6.07 Å². The summed E-state index contributed by atoms with van der Waals surface area (Å²) in [7, 11) is 0. The minimum atomic E-state index is -0.714. The Morgan fingerprint density at radius 1 is 1.27 bits per heavy atom.